The molecule has 5 nitrogen and oxygen atoms in total. The SMILES string of the molecule is Cc1ccc(CN(C)C(=O)COC(=O)CCCc2c[nH]c3ccccc23)cc1. The number of carbonyl (C=O) groups excluding carboxylic acids is 2. The van der Waals surface area contributed by atoms with E-state index in [9.17, 15) is 9.59 Å². The molecule has 0 spiro atoms. The number of ether oxygens (including phenoxy) is 1. The number of nitrogens with one attached hydrogen (secondary N) is 1. The molecule has 1 aromatic heterocycles. The fraction of sp³-hybridized carbons (Fsp3) is 0.304. The first-order valence-corrected chi connectivity index (χ1v) is 9.53. The predicted octanol–water partition coefficient (Wildman–Crippen LogP) is 4.00. The number of esters is 1. The molecule has 0 bridgehead atoms. The largest absolute Gasteiger partial charge is 0.456 e. The van der Waals surface area contributed by atoms with Gasteiger partial charge in [0.1, 0.15) is 0 Å². The fourth-order valence-corrected chi connectivity index (χ4v) is 3.14. The first-order valence-electron chi connectivity index (χ1n) is 9.53. The van der Waals surface area contributed by atoms with Gasteiger partial charge in [0.2, 0.25) is 0 Å². The molecule has 0 unspecified atom stereocenters. The number of rotatable bonds is 8. The molecule has 0 aliphatic carbocycles. The summed E-state index contributed by atoms with van der Waals surface area (Å²) in [6.45, 7) is 2.31. The Balaban J connectivity index is 1.38. The van der Waals surface area contributed by atoms with Crippen LogP contribution in [0.2, 0.25) is 0 Å². The van der Waals surface area contributed by atoms with Crippen LogP contribution in [0.1, 0.15) is 29.5 Å². The van der Waals surface area contributed by atoms with Crippen LogP contribution in [-0.2, 0) is 27.3 Å². The van der Waals surface area contributed by atoms with Crippen molar-refractivity contribution < 1.29 is 14.3 Å². The third-order valence-electron chi connectivity index (χ3n) is 4.82. The summed E-state index contributed by atoms with van der Waals surface area (Å²) in [5.41, 5.74) is 4.52. The van der Waals surface area contributed by atoms with E-state index < -0.39 is 0 Å². The summed E-state index contributed by atoms with van der Waals surface area (Å²) in [7, 11) is 1.72. The van der Waals surface area contributed by atoms with Gasteiger partial charge in [-0.1, -0.05) is 48.0 Å². The summed E-state index contributed by atoms with van der Waals surface area (Å²) in [6, 6.07) is 16.1. The van der Waals surface area contributed by atoms with Gasteiger partial charge >= 0.3 is 5.97 Å². The Bertz CT molecular complexity index is 944. The van der Waals surface area contributed by atoms with Gasteiger partial charge in [0.05, 0.1) is 0 Å². The standard InChI is InChI=1S/C23H26N2O3/c1-17-10-12-18(13-11-17)15-25(2)22(26)16-28-23(27)9-5-6-19-14-24-21-8-4-3-7-20(19)21/h3-4,7-8,10-14,24H,5-6,9,15-16H2,1-2H3. The lowest BCUT2D eigenvalue weighted by atomic mass is 10.1. The second-order valence-corrected chi connectivity index (χ2v) is 7.11. The van der Waals surface area contributed by atoms with Crippen molar-refractivity contribution in [2.75, 3.05) is 13.7 Å². The second kappa shape index (κ2) is 9.22. The molecule has 0 aliphatic heterocycles. The van der Waals surface area contributed by atoms with Gasteiger partial charge < -0.3 is 14.6 Å². The third kappa shape index (κ3) is 5.22. The van der Waals surface area contributed by atoms with Gasteiger partial charge in [-0.3, -0.25) is 9.59 Å². The molecule has 1 N–H and O–H groups in total. The minimum Gasteiger partial charge on any atom is -0.456 e. The molecule has 0 atom stereocenters. The van der Waals surface area contributed by atoms with E-state index in [-0.39, 0.29) is 18.5 Å². The lowest BCUT2D eigenvalue weighted by Crippen LogP contribution is -2.30. The van der Waals surface area contributed by atoms with Gasteiger partial charge in [0.15, 0.2) is 6.61 Å². The number of aromatic nitrogens is 1. The number of nitrogens with zero attached hydrogens (tertiary/aromatic N) is 1. The molecule has 3 rings (SSSR count). The predicted molar refractivity (Wildman–Crippen MR) is 110 cm³/mol. The maximum atomic E-state index is 12.2. The Morgan fingerprint density at radius 1 is 1.07 bits per heavy atom. The minimum absolute atomic E-state index is 0.203. The van der Waals surface area contributed by atoms with E-state index in [4.69, 9.17) is 4.74 Å². The number of amides is 1. The number of para-hydroxylation sites is 1. The lowest BCUT2D eigenvalue weighted by Gasteiger charge is -2.17. The summed E-state index contributed by atoms with van der Waals surface area (Å²) in [5, 5.41) is 1.18. The molecular weight excluding hydrogens is 352 g/mol. The molecule has 1 heterocycles. The highest BCUT2D eigenvalue weighted by Crippen LogP contribution is 2.19. The topological polar surface area (TPSA) is 62.4 Å². The van der Waals surface area contributed by atoms with E-state index in [1.54, 1.807) is 11.9 Å². The Morgan fingerprint density at radius 3 is 2.61 bits per heavy atom. The summed E-state index contributed by atoms with van der Waals surface area (Å²) in [6.07, 6.45) is 3.77. The molecule has 3 aromatic rings. The Labute approximate surface area is 165 Å². The zero-order chi connectivity index (χ0) is 19.9. The van der Waals surface area contributed by atoms with Gasteiger partial charge in [-0.25, -0.2) is 0 Å². The fourth-order valence-electron chi connectivity index (χ4n) is 3.14. The molecule has 146 valence electrons. The maximum Gasteiger partial charge on any atom is 0.306 e. The molecule has 0 aliphatic rings. The highest BCUT2D eigenvalue weighted by molar-refractivity contribution is 5.83. The molecule has 1 amide bonds. The molecule has 0 saturated heterocycles. The molecule has 2 aromatic carbocycles. The van der Waals surface area contributed by atoms with Gasteiger partial charge in [0.25, 0.3) is 5.91 Å². The molecule has 28 heavy (non-hydrogen) atoms. The van der Waals surface area contributed by atoms with E-state index in [2.05, 4.69) is 11.1 Å². The van der Waals surface area contributed by atoms with Crippen molar-refractivity contribution in [3.8, 4) is 0 Å². The number of aryl methyl sites for hydroxylation is 2. The van der Waals surface area contributed by atoms with Crippen LogP contribution in [-0.4, -0.2) is 35.4 Å². The first-order chi connectivity index (χ1) is 13.5. The summed E-state index contributed by atoms with van der Waals surface area (Å²) >= 11 is 0. The zero-order valence-electron chi connectivity index (χ0n) is 16.4. The van der Waals surface area contributed by atoms with Crippen molar-refractivity contribution in [2.45, 2.75) is 32.7 Å². The summed E-state index contributed by atoms with van der Waals surface area (Å²) in [4.78, 5) is 28.9. The summed E-state index contributed by atoms with van der Waals surface area (Å²) < 4.78 is 5.15. The Hall–Kier alpha value is -3.08. The van der Waals surface area contributed by atoms with Crippen LogP contribution in [0, 0.1) is 6.92 Å². The van der Waals surface area contributed by atoms with Crippen LogP contribution in [0.4, 0.5) is 0 Å². The number of benzene rings is 2. The van der Waals surface area contributed by atoms with E-state index in [0.717, 1.165) is 17.5 Å². The number of carbonyl (C=O) groups is 2. The highest BCUT2D eigenvalue weighted by atomic mass is 16.5. The summed E-state index contributed by atoms with van der Waals surface area (Å²) in [5.74, 6) is -0.539. The van der Waals surface area contributed by atoms with Crippen LogP contribution in [0.5, 0.6) is 0 Å². The van der Waals surface area contributed by atoms with Gasteiger partial charge in [-0.2, -0.15) is 0 Å². The molecule has 5 heteroatoms. The maximum absolute atomic E-state index is 12.2. The van der Waals surface area contributed by atoms with Crippen LogP contribution < -0.4 is 0 Å². The van der Waals surface area contributed by atoms with E-state index in [1.165, 1.54) is 16.5 Å². The molecule has 0 saturated carbocycles. The van der Waals surface area contributed by atoms with Crippen LogP contribution in [0.3, 0.4) is 0 Å². The monoisotopic (exact) mass is 378 g/mol. The average molecular weight is 378 g/mol. The average Bonchev–Trinajstić information content (AvgIpc) is 3.11. The minimum atomic E-state index is -0.336. The number of hydrogen-bond acceptors (Lipinski definition) is 3. The van der Waals surface area contributed by atoms with Crippen molar-refractivity contribution in [1.29, 1.82) is 0 Å². The number of aromatic amines is 1. The molecule has 0 radical (unpaired) electrons. The van der Waals surface area contributed by atoms with E-state index in [0.29, 0.717) is 19.4 Å². The number of likely N-dealkylation sites (N-methyl/N-ethyl adjacent to an activating group) is 1. The van der Waals surface area contributed by atoms with Gasteiger partial charge in [-0.15, -0.1) is 0 Å². The third-order valence-corrected chi connectivity index (χ3v) is 4.82. The normalized spacial score (nSPS) is 10.8. The van der Waals surface area contributed by atoms with E-state index >= 15 is 0 Å². The van der Waals surface area contributed by atoms with Gasteiger partial charge in [0, 0.05) is 37.1 Å². The van der Waals surface area contributed by atoms with Crippen molar-refractivity contribution in [1.82, 2.24) is 9.88 Å². The smallest absolute Gasteiger partial charge is 0.306 e. The Kier molecular flexibility index (Phi) is 6.48. The Morgan fingerprint density at radius 2 is 1.82 bits per heavy atom. The molecule has 0 fully saturated rings. The highest BCUT2D eigenvalue weighted by Gasteiger charge is 2.13. The van der Waals surface area contributed by atoms with Crippen molar-refractivity contribution in [2.24, 2.45) is 0 Å². The molecular formula is C23H26N2O3. The number of H-pyrrole nitrogens is 1. The van der Waals surface area contributed by atoms with Crippen LogP contribution in [0.15, 0.2) is 54.7 Å². The van der Waals surface area contributed by atoms with E-state index in [1.807, 2.05) is 55.6 Å². The van der Waals surface area contributed by atoms with Crippen LogP contribution in [0.25, 0.3) is 10.9 Å². The van der Waals surface area contributed by atoms with Crippen molar-refractivity contribution in [3.63, 3.8) is 0 Å². The number of fused-ring (bicyclic) bond motifs is 1. The second-order valence-electron chi connectivity index (χ2n) is 7.11. The van der Waals surface area contributed by atoms with Crippen molar-refractivity contribution >= 4 is 22.8 Å². The zero-order valence-corrected chi connectivity index (χ0v) is 16.4. The first kappa shape index (κ1) is 19.7. The quantitative estimate of drug-likeness (QED) is 0.603. The van der Waals surface area contributed by atoms with Crippen LogP contribution >= 0.6 is 0 Å². The lowest BCUT2D eigenvalue weighted by molar-refractivity contribution is -0.151. The number of hydrogen-bond donors (Lipinski definition) is 1. The van der Waals surface area contributed by atoms with Crippen molar-refractivity contribution in [3.05, 3.63) is 71.4 Å². The van der Waals surface area contributed by atoms with Gasteiger partial charge in [-0.05, 0) is 37.0 Å².